The highest BCUT2D eigenvalue weighted by atomic mass is 19.4. The number of hydrogen-bond acceptors (Lipinski definition) is 5. The summed E-state index contributed by atoms with van der Waals surface area (Å²) in [5.74, 6) is 0.887. The van der Waals surface area contributed by atoms with Gasteiger partial charge in [0.25, 0.3) is 0 Å². The number of hydrogen-bond donors (Lipinski definition) is 4. The van der Waals surface area contributed by atoms with Gasteiger partial charge in [-0.15, -0.1) is 0 Å². The van der Waals surface area contributed by atoms with E-state index in [4.69, 9.17) is 5.73 Å². The van der Waals surface area contributed by atoms with Crippen molar-refractivity contribution >= 4 is 18.4 Å². The normalized spacial score (nSPS) is 12.9. The molecule has 0 fully saturated rings. The highest BCUT2D eigenvalue weighted by Gasteiger charge is 2.37. The van der Waals surface area contributed by atoms with Gasteiger partial charge in [-0.3, -0.25) is 4.99 Å². The molecule has 7 nitrogen and oxygen atoms in total. The second kappa shape index (κ2) is 30.1. The first kappa shape index (κ1) is 44.1. The van der Waals surface area contributed by atoms with E-state index in [0.29, 0.717) is 38.2 Å². The maximum Gasteiger partial charge on any atom is 0.421 e. The molecule has 0 radical (unpaired) electrons. The first-order valence-electron chi connectivity index (χ1n) is 16.0. The summed E-state index contributed by atoms with van der Waals surface area (Å²) in [6.07, 6.45) is 8.91. The van der Waals surface area contributed by atoms with E-state index < -0.39 is 11.7 Å². The van der Waals surface area contributed by atoms with Crippen LogP contribution in [0, 0.1) is 5.92 Å². The monoisotopic (exact) mass is 604 g/mol. The Balaban J connectivity index is -0.00000130. The summed E-state index contributed by atoms with van der Waals surface area (Å²) in [7, 11) is 1.77. The summed E-state index contributed by atoms with van der Waals surface area (Å²) in [5, 5.41) is 9.06. The van der Waals surface area contributed by atoms with Gasteiger partial charge in [-0.1, -0.05) is 93.9 Å². The fourth-order valence-electron chi connectivity index (χ4n) is 4.07. The van der Waals surface area contributed by atoms with Gasteiger partial charge in [0.15, 0.2) is 0 Å². The largest absolute Gasteiger partial charge is 0.421 e. The van der Waals surface area contributed by atoms with E-state index in [-0.39, 0.29) is 18.3 Å². The average Bonchev–Trinajstić information content (AvgIpc) is 2.95. The molecule has 0 aromatic rings. The lowest BCUT2D eigenvalue weighted by atomic mass is 10.0. The van der Waals surface area contributed by atoms with Gasteiger partial charge >= 0.3 is 6.18 Å². The Morgan fingerprint density at radius 2 is 1.45 bits per heavy atom. The van der Waals surface area contributed by atoms with E-state index in [1.165, 1.54) is 25.7 Å². The number of nitrogens with zero attached hydrogens (tertiary/aromatic N) is 3. The van der Waals surface area contributed by atoms with Crippen molar-refractivity contribution in [1.29, 1.82) is 0 Å². The molecule has 0 rings (SSSR count). The van der Waals surface area contributed by atoms with Crippen molar-refractivity contribution in [2.75, 3.05) is 26.8 Å². The van der Waals surface area contributed by atoms with Crippen molar-refractivity contribution in [2.24, 2.45) is 26.6 Å². The summed E-state index contributed by atoms with van der Waals surface area (Å²) in [5.41, 5.74) is 5.88. The number of nitrogens with two attached hydrogens (primary N) is 1. The van der Waals surface area contributed by atoms with Gasteiger partial charge in [0, 0.05) is 30.6 Å². The molecule has 0 heterocycles. The molecule has 0 amide bonds. The summed E-state index contributed by atoms with van der Waals surface area (Å²) >= 11 is 0. The lowest BCUT2D eigenvalue weighted by Gasteiger charge is -2.17. The molecule has 0 aromatic heterocycles. The topological polar surface area (TPSA) is 99.2 Å². The Hall–Kier alpha value is -2.36. The summed E-state index contributed by atoms with van der Waals surface area (Å²) in [4.78, 5) is 11.5. The summed E-state index contributed by atoms with van der Waals surface area (Å²) in [6.45, 7) is 20.9. The van der Waals surface area contributed by atoms with Crippen LogP contribution in [0.15, 0.2) is 38.5 Å². The van der Waals surface area contributed by atoms with Crippen LogP contribution in [0.25, 0.3) is 0 Å². The quantitative estimate of drug-likeness (QED) is 0.0641. The molecule has 0 saturated carbocycles. The minimum atomic E-state index is -4.63. The minimum absolute atomic E-state index is 0.241. The van der Waals surface area contributed by atoms with Crippen molar-refractivity contribution < 1.29 is 13.2 Å². The fourth-order valence-corrected chi connectivity index (χ4v) is 4.07. The molecule has 42 heavy (non-hydrogen) atoms. The number of aliphatic imine (C=N–C) groups is 3. The standard InChI is InChI=1S/C22H40F3N7.C8H18.C2H6/c1-6-10-18(11-7-2)30-14-17(8-3)20(26)31-16-32-21(29-13-9-12-27-4)19(15-28-5)22(23,24)25;1-4-6-8(3)7-5-2;1-2/h14-15,18,27,30H,5-13,16H2,1-4H3,(H2,26,31)(H,29,32);8H,4-7H2,1-3H3;1-2H3/b17-14-,19-15+;;. The first-order valence-corrected chi connectivity index (χ1v) is 16.0. The van der Waals surface area contributed by atoms with Gasteiger partial charge in [0.1, 0.15) is 23.9 Å². The van der Waals surface area contributed by atoms with Crippen molar-refractivity contribution in [1.82, 2.24) is 16.0 Å². The van der Waals surface area contributed by atoms with Crippen LogP contribution in [0.1, 0.15) is 120 Å². The molecule has 0 aliphatic heterocycles. The Kier molecular flexibility index (Phi) is 31.6. The maximum absolute atomic E-state index is 13.4. The predicted octanol–water partition coefficient (Wildman–Crippen LogP) is 8.15. The molecule has 0 spiro atoms. The zero-order valence-electron chi connectivity index (χ0n) is 28.3. The van der Waals surface area contributed by atoms with E-state index in [1.807, 2.05) is 27.0 Å². The molecular formula is C32H64F3N7. The average molecular weight is 604 g/mol. The molecule has 0 aliphatic carbocycles. The predicted molar refractivity (Wildman–Crippen MR) is 180 cm³/mol. The second-order valence-electron chi connectivity index (χ2n) is 9.95. The van der Waals surface area contributed by atoms with Crippen LogP contribution in [-0.4, -0.2) is 57.4 Å². The van der Waals surface area contributed by atoms with Gasteiger partial charge in [0.05, 0.1) is 0 Å². The number of halogens is 3. The molecule has 0 aromatic carbocycles. The zero-order chi connectivity index (χ0) is 32.8. The van der Waals surface area contributed by atoms with Crippen LogP contribution in [0.4, 0.5) is 13.2 Å². The number of alkyl halides is 3. The molecule has 0 bridgehead atoms. The van der Waals surface area contributed by atoms with Crippen LogP contribution in [0.5, 0.6) is 0 Å². The lowest BCUT2D eigenvalue weighted by molar-refractivity contribution is -0.0865. The molecule has 5 N–H and O–H groups in total. The lowest BCUT2D eigenvalue weighted by Crippen LogP contribution is -2.34. The highest BCUT2D eigenvalue weighted by molar-refractivity contribution is 6.00. The molecule has 0 saturated heterocycles. The second-order valence-corrected chi connectivity index (χ2v) is 9.95. The van der Waals surface area contributed by atoms with E-state index in [1.54, 1.807) is 7.05 Å². The van der Waals surface area contributed by atoms with E-state index in [9.17, 15) is 13.2 Å². The van der Waals surface area contributed by atoms with Crippen molar-refractivity contribution in [3.8, 4) is 0 Å². The number of rotatable bonds is 20. The third kappa shape index (κ3) is 24.3. The summed E-state index contributed by atoms with van der Waals surface area (Å²) in [6, 6.07) is 0.358. The molecule has 0 atom stereocenters. The van der Waals surface area contributed by atoms with Gasteiger partial charge in [-0.05, 0) is 51.9 Å². The SMILES string of the molecule is C=N/C=C(\C(=N/C/N=C(N)/C(=C\NC(CCC)CCC)CC)NCCCNC)C(F)(F)F.CC.CCCC(C)CCC. The van der Waals surface area contributed by atoms with E-state index in [0.717, 1.165) is 37.2 Å². The third-order valence-electron chi connectivity index (χ3n) is 6.19. The molecule has 248 valence electrons. The van der Waals surface area contributed by atoms with Crippen LogP contribution in [0.3, 0.4) is 0 Å². The smallest absolute Gasteiger partial charge is 0.388 e. The molecule has 10 heteroatoms. The molecule has 0 unspecified atom stereocenters. The third-order valence-corrected chi connectivity index (χ3v) is 6.19. The minimum Gasteiger partial charge on any atom is -0.388 e. The first-order chi connectivity index (χ1) is 20.1. The number of amidine groups is 2. The number of nitrogens with one attached hydrogen (secondary N) is 3. The van der Waals surface area contributed by atoms with Crippen molar-refractivity contribution in [3.05, 3.63) is 23.5 Å². The van der Waals surface area contributed by atoms with Gasteiger partial charge < -0.3 is 21.7 Å². The Bertz CT molecular complexity index is 748. The highest BCUT2D eigenvalue weighted by Crippen LogP contribution is 2.26. The molecule has 0 aliphatic rings. The van der Waals surface area contributed by atoms with E-state index >= 15 is 0 Å². The van der Waals surface area contributed by atoms with Crippen LogP contribution in [0.2, 0.25) is 0 Å². The Labute approximate surface area is 256 Å². The Morgan fingerprint density at radius 3 is 1.88 bits per heavy atom. The van der Waals surface area contributed by atoms with E-state index in [2.05, 4.69) is 72.3 Å². The fraction of sp³-hybridized carbons (Fsp3) is 0.781. The Morgan fingerprint density at radius 1 is 0.905 bits per heavy atom. The van der Waals surface area contributed by atoms with Crippen LogP contribution < -0.4 is 21.7 Å². The van der Waals surface area contributed by atoms with Crippen LogP contribution in [-0.2, 0) is 0 Å². The van der Waals surface area contributed by atoms with Gasteiger partial charge in [0.2, 0.25) is 0 Å². The summed E-state index contributed by atoms with van der Waals surface area (Å²) < 4.78 is 40.3. The van der Waals surface area contributed by atoms with Crippen molar-refractivity contribution in [2.45, 2.75) is 132 Å². The molecular weight excluding hydrogens is 539 g/mol. The van der Waals surface area contributed by atoms with Gasteiger partial charge in [-0.25, -0.2) is 9.98 Å². The maximum atomic E-state index is 13.4. The van der Waals surface area contributed by atoms with Gasteiger partial charge in [-0.2, -0.15) is 13.2 Å². The van der Waals surface area contributed by atoms with Crippen LogP contribution >= 0.6 is 0 Å². The van der Waals surface area contributed by atoms with Crippen molar-refractivity contribution in [3.63, 3.8) is 0 Å². The zero-order valence-corrected chi connectivity index (χ0v) is 28.3.